The third-order valence-electron chi connectivity index (χ3n) is 3.47. The first kappa shape index (κ1) is 18.3. The number of amides is 1. The van der Waals surface area contributed by atoms with Crippen LogP contribution < -0.4 is 5.73 Å². The van der Waals surface area contributed by atoms with Crippen LogP contribution in [0.15, 0.2) is 46.9 Å². The number of halogens is 3. The number of carbonyl (C=O) groups is 1. The molecule has 1 atom stereocenters. The van der Waals surface area contributed by atoms with Crippen molar-refractivity contribution in [3.05, 3.63) is 68.1 Å². The van der Waals surface area contributed by atoms with Crippen LogP contribution in [-0.2, 0) is 17.8 Å². The molecule has 0 bridgehead atoms. The minimum Gasteiger partial charge on any atom is -0.340 e. The van der Waals surface area contributed by atoms with Crippen molar-refractivity contribution >= 4 is 45.0 Å². The highest BCUT2D eigenvalue weighted by Crippen LogP contribution is 2.23. The van der Waals surface area contributed by atoms with Gasteiger partial charge in [-0.1, -0.05) is 57.3 Å². The van der Waals surface area contributed by atoms with E-state index < -0.39 is 6.04 Å². The van der Waals surface area contributed by atoms with Crippen LogP contribution in [-0.4, -0.2) is 23.9 Å². The minimum atomic E-state index is -0.580. The number of hydrogen-bond acceptors (Lipinski definition) is 2. The number of benzene rings is 2. The zero-order chi connectivity index (χ0) is 17.0. The van der Waals surface area contributed by atoms with Crippen molar-refractivity contribution < 1.29 is 4.79 Å². The van der Waals surface area contributed by atoms with Crippen molar-refractivity contribution in [1.29, 1.82) is 0 Å². The van der Waals surface area contributed by atoms with Gasteiger partial charge in [0.2, 0.25) is 5.91 Å². The number of likely N-dealkylation sites (N-methyl/N-ethyl adjacent to an activating group) is 1. The van der Waals surface area contributed by atoms with Gasteiger partial charge in [0, 0.05) is 18.1 Å². The Morgan fingerprint density at radius 2 is 1.74 bits per heavy atom. The molecule has 0 heterocycles. The Balaban J connectivity index is 1.97. The van der Waals surface area contributed by atoms with Crippen LogP contribution in [0.25, 0.3) is 0 Å². The summed E-state index contributed by atoms with van der Waals surface area (Å²) in [6.45, 7) is 0.434. The van der Waals surface area contributed by atoms with E-state index in [0.29, 0.717) is 23.0 Å². The molecule has 0 spiro atoms. The fraction of sp³-hybridized carbons (Fsp3) is 0.235. The van der Waals surface area contributed by atoms with Crippen LogP contribution in [0.4, 0.5) is 0 Å². The van der Waals surface area contributed by atoms with Crippen molar-refractivity contribution in [2.24, 2.45) is 5.73 Å². The molecule has 2 aromatic rings. The van der Waals surface area contributed by atoms with Crippen LogP contribution in [0.2, 0.25) is 10.0 Å². The van der Waals surface area contributed by atoms with E-state index in [-0.39, 0.29) is 5.91 Å². The van der Waals surface area contributed by atoms with Gasteiger partial charge < -0.3 is 10.6 Å². The van der Waals surface area contributed by atoms with E-state index >= 15 is 0 Å². The lowest BCUT2D eigenvalue weighted by molar-refractivity contribution is -0.131. The summed E-state index contributed by atoms with van der Waals surface area (Å²) in [5.41, 5.74) is 7.98. The largest absolute Gasteiger partial charge is 0.340 e. The van der Waals surface area contributed by atoms with E-state index in [0.717, 1.165) is 15.6 Å². The summed E-state index contributed by atoms with van der Waals surface area (Å²) in [6.07, 6.45) is 0.498. The molecular weight excluding hydrogens is 399 g/mol. The second kappa shape index (κ2) is 8.15. The second-order valence-electron chi connectivity index (χ2n) is 5.38. The molecule has 122 valence electrons. The molecule has 6 heteroatoms. The van der Waals surface area contributed by atoms with Gasteiger partial charge in [0.05, 0.1) is 16.1 Å². The Labute approximate surface area is 154 Å². The first-order valence-corrected chi connectivity index (χ1v) is 8.60. The third kappa shape index (κ3) is 5.21. The van der Waals surface area contributed by atoms with Crippen LogP contribution >= 0.6 is 39.1 Å². The predicted octanol–water partition coefficient (Wildman–Crippen LogP) is 4.28. The molecule has 0 fully saturated rings. The third-order valence-corrected chi connectivity index (χ3v) is 4.73. The predicted molar refractivity (Wildman–Crippen MR) is 98.8 cm³/mol. The standard InChI is InChI=1S/C17H17BrCl2N2O/c1-22(10-12-4-7-14(19)15(20)8-12)17(23)16(21)9-11-2-5-13(18)6-3-11/h2-8,16H,9-10,21H2,1H3/t16-/m0/s1. The number of carbonyl (C=O) groups excluding carboxylic acids is 1. The molecule has 0 aliphatic heterocycles. The lowest BCUT2D eigenvalue weighted by Crippen LogP contribution is -2.42. The van der Waals surface area contributed by atoms with Crippen LogP contribution in [0.5, 0.6) is 0 Å². The molecular formula is C17H17BrCl2N2O. The lowest BCUT2D eigenvalue weighted by atomic mass is 10.1. The Kier molecular flexibility index (Phi) is 6.48. The van der Waals surface area contributed by atoms with Crippen molar-refractivity contribution in [3.8, 4) is 0 Å². The first-order valence-electron chi connectivity index (χ1n) is 7.05. The second-order valence-corrected chi connectivity index (χ2v) is 7.11. The minimum absolute atomic E-state index is 0.112. The zero-order valence-electron chi connectivity index (χ0n) is 12.6. The summed E-state index contributed by atoms with van der Waals surface area (Å²) < 4.78 is 0.998. The number of nitrogens with two attached hydrogens (primary N) is 1. The quantitative estimate of drug-likeness (QED) is 0.791. The number of rotatable bonds is 5. The Hall–Kier alpha value is -1.07. The maximum absolute atomic E-state index is 12.4. The normalized spacial score (nSPS) is 12.0. The number of hydrogen-bond donors (Lipinski definition) is 1. The highest BCUT2D eigenvalue weighted by molar-refractivity contribution is 9.10. The molecule has 23 heavy (non-hydrogen) atoms. The van der Waals surface area contributed by atoms with E-state index in [9.17, 15) is 4.79 Å². The highest BCUT2D eigenvalue weighted by atomic mass is 79.9. The molecule has 3 nitrogen and oxygen atoms in total. The van der Waals surface area contributed by atoms with Crippen molar-refractivity contribution in [2.45, 2.75) is 19.0 Å². The van der Waals surface area contributed by atoms with Gasteiger partial charge in [-0.15, -0.1) is 0 Å². The maximum Gasteiger partial charge on any atom is 0.239 e. The Morgan fingerprint density at radius 1 is 1.13 bits per heavy atom. The highest BCUT2D eigenvalue weighted by Gasteiger charge is 2.18. The molecule has 2 rings (SSSR count). The molecule has 0 aromatic heterocycles. The molecule has 0 saturated carbocycles. The summed E-state index contributed by atoms with van der Waals surface area (Å²) in [7, 11) is 1.73. The molecule has 0 aliphatic carbocycles. The van der Waals surface area contributed by atoms with E-state index in [2.05, 4.69) is 15.9 Å². The van der Waals surface area contributed by atoms with Gasteiger partial charge in [0.15, 0.2) is 0 Å². The molecule has 0 unspecified atom stereocenters. The Bertz CT molecular complexity index is 691. The fourth-order valence-electron chi connectivity index (χ4n) is 2.23. The molecule has 2 aromatic carbocycles. The topological polar surface area (TPSA) is 46.3 Å². The van der Waals surface area contributed by atoms with Gasteiger partial charge in [-0.25, -0.2) is 0 Å². The Morgan fingerprint density at radius 3 is 2.35 bits per heavy atom. The van der Waals surface area contributed by atoms with Gasteiger partial charge in [-0.2, -0.15) is 0 Å². The van der Waals surface area contributed by atoms with E-state index in [1.165, 1.54) is 0 Å². The summed E-state index contributed by atoms with van der Waals surface area (Å²) in [4.78, 5) is 14.0. The van der Waals surface area contributed by atoms with Crippen LogP contribution in [0, 0.1) is 0 Å². The smallest absolute Gasteiger partial charge is 0.239 e. The van der Waals surface area contributed by atoms with Gasteiger partial charge in [0.25, 0.3) is 0 Å². The van der Waals surface area contributed by atoms with Crippen molar-refractivity contribution in [3.63, 3.8) is 0 Å². The molecule has 1 amide bonds. The van der Waals surface area contributed by atoms with E-state index in [1.54, 1.807) is 24.1 Å². The summed E-state index contributed by atoms with van der Waals surface area (Å²) in [5, 5.41) is 0.973. The molecule has 0 radical (unpaired) electrons. The van der Waals surface area contributed by atoms with Crippen LogP contribution in [0.3, 0.4) is 0 Å². The SMILES string of the molecule is CN(Cc1ccc(Cl)c(Cl)c1)C(=O)[C@@H](N)Cc1ccc(Br)cc1. The maximum atomic E-state index is 12.4. The lowest BCUT2D eigenvalue weighted by Gasteiger charge is -2.21. The summed E-state index contributed by atoms with van der Waals surface area (Å²) >= 11 is 15.3. The van der Waals surface area contributed by atoms with Crippen LogP contribution in [0.1, 0.15) is 11.1 Å². The number of nitrogens with zero attached hydrogens (tertiary/aromatic N) is 1. The average molecular weight is 416 g/mol. The van der Waals surface area contributed by atoms with Gasteiger partial charge >= 0.3 is 0 Å². The summed E-state index contributed by atoms with van der Waals surface area (Å²) in [5.74, 6) is -0.112. The van der Waals surface area contributed by atoms with E-state index in [4.69, 9.17) is 28.9 Å². The molecule has 2 N–H and O–H groups in total. The zero-order valence-corrected chi connectivity index (χ0v) is 15.7. The van der Waals surface area contributed by atoms with Crippen molar-refractivity contribution in [2.75, 3.05) is 7.05 Å². The summed E-state index contributed by atoms with van der Waals surface area (Å²) in [6, 6.07) is 12.5. The molecule has 0 saturated heterocycles. The monoisotopic (exact) mass is 414 g/mol. The molecule has 0 aliphatic rings. The van der Waals surface area contributed by atoms with Gasteiger partial charge in [-0.3, -0.25) is 4.79 Å². The van der Waals surface area contributed by atoms with Gasteiger partial charge in [0.1, 0.15) is 0 Å². The van der Waals surface area contributed by atoms with Gasteiger partial charge in [-0.05, 0) is 41.8 Å². The first-order chi connectivity index (χ1) is 10.9. The van der Waals surface area contributed by atoms with E-state index in [1.807, 2.05) is 30.3 Å². The van der Waals surface area contributed by atoms with Crippen molar-refractivity contribution in [1.82, 2.24) is 4.90 Å². The average Bonchev–Trinajstić information content (AvgIpc) is 2.52. The fourth-order valence-corrected chi connectivity index (χ4v) is 2.82.